The molecule has 3 aromatic rings. The molecule has 0 radical (unpaired) electrons. The third-order valence-corrected chi connectivity index (χ3v) is 5.83. The fourth-order valence-electron chi connectivity index (χ4n) is 4.11. The first kappa shape index (κ1) is 22.7. The van der Waals surface area contributed by atoms with Crippen molar-refractivity contribution < 1.29 is 13.5 Å². The van der Waals surface area contributed by atoms with Crippen LogP contribution in [-0.4, -0.2) is 63.2 Å². The summed E-state index contributed by atoms with van der Waals surface area (Å²) < 4.78 is 5.89. The van der Waals surface area contributed by atoms with Gasteiger partial charge in [-0.1, -0.05) is 19.1 Å². The predicted octanol–water partition coefficient (Wildman–Crippen LogP) is 3.07. The molecule has 10 nitrogen and oxygen atoms in total. The molecule has 1 fully saturated rings. The minimum absolute atomic E-state index is 0. The second kappa shape index (κ2) is 9.14. The van der Waals surface area contributed by atoms with E-state index in [0.717, 1.165) is 17.7 Å². The number of carbonyl (C=O) groups excluding carboxylic acids is 1. The molecule has 10 heteroatoms. The third kappa shape index (κ3) is 4.65. The van der Waals surface area contributed by atoms with Crippen molar-refractivity contribution in [2.75, 3.05) is 37.3 Å². The molecule has 3 N–H and O–H groups in total. The van der Waals surface area contributed by atoms with E-state index < -0.39 is 0 Å². The molecule has 4 rings (SSSR count). The topological polar surface area (TPSA) is 126 Å². The van der Waals surface area contributed by atoms with E-state index in [4.69, 9.17) is 15.1 Å². The highest BCUT2D eigenvalue weighted by Crippen LogP contribution is 2.30. The molecule has 0 spiro atoms. The zero-order chi connectivity index (χ0) is 23.6. The molecule has 1 aromatic carbocycles. The highest BCUT2D eigenvalue weighted by Gasteiger charge is 2.36. The molecule has 0 aliphatic carbocycles. The molecule has 1 aliphatic rings. The summed E-state index contributed by atoms with van der Waals surface area (Å²) in [7, 11) is 1.91. The van der Waals surface area contributed by atoms with Crippen LogP contribution < -0.4 is 16.0 Å². The Hall–Kier alpha value is -3.53. The van der Waals surface area contributed by atoms with Crippen LogP contribution >= 0.6 is 0 Å². The average Bonchev–Trinajstić information content (AvgIpc) is 3.29. The Morgan fingerprint density at radius 3 is 2.61 bits per heavy atom. The van der Waals surface area contributed by atoms with E-state index in [1.165, 1.54) is 0 Å². The van der Waals surface area contributed by atoms with Crippen LogP contribution in [0.15, 0.2) is 34.9 Å². The number of amides is 1. The van der Waals surface area contributed by atoms with Crippen molar-refractivity contribution in [2.45, 2.75) is 39.3 Å². The monoisotopic (exact) mass is 456 g/mol. The number of rotatable bonds is 6. The van der Waals surface area contributed by atoms with Crippen LogP contribution in [0.3, 0.4) is 0 Å². The number of nitrogens with two attached hydrogens (primary N) is 1. The summed E-state index contributed by atoms with van der Waals surface area (Å²) in [5.74, 6) is 1.64. The largest absolute Gasteiger partial charge is 0.414 e. The molecule has 0 saturated carbocycles. The summed E-state index contributed by atoms with van der Waals surface area (Å²) in [4.78, 5) is 25.4. The number of nitrogens with one attached hydrogen (secondary N) is 1. The van der Waals surface area contributed by atoms with Gasteiger partial charge in [-0.25, -0.2) is 9.97 Å². The van der Waals surface area contributed by atoms with E-state index >= 15 is 0 Å². The Morgan fingerprint density at radius 1 is 1.21 bits per heavy atom. The smallest absolute Gasteiger partial charge is 0.270 e. The van der Waals surface area contributed by atoms with Crippen LogP contribution in [0, 0.1) is 0 Å². The van der Waals surface area contributed by atoms with Crippen molar-refractivity contribution >= 4 is 17.5 Å². The Bertz CT molecular complexity index is 1140. The van der Waals surface area contributed by atoms with Crippen molar-refractivity contribution in [1.29, 1.82) is 0 Å². The molecule has 0 unspecified atom stereocenters. The van der Waals surface area contributed by atoms with Gasteiger partial charge in [0, 0.05) is 42.4 Å². The van der Waals surface area contributed by atoms with Gasteiger partial charge in [-0.15, -0.1) is 10.2 Å². The van der Waals surface area contributed by atoms with Crippen molar-refractivity contribution in [3.05, 3.63) is 36.0 Å². The lowest BCUT2D eigenvalue weighted by atomic mass is 9.98. The number of benzene rings is 1. The average molecular weight is 457 g/mol. The summed E-state index contributed by atoms with van der Waals surface area (Å²) in [5.41, 5.74) is 8.10. The molecule has 180 valence electrons. The fourth-order valence-corrected chi connectivity index (χ4v) is 4.11. The van der Waals surface area contributed by atoms with Crippen molar-refractivity contribution in [1.82, 2.24) is 30.4 Å². The van der Waals surface area contributed by atoms with E-state index in [1.807, 2.05) is 43.1 Å². The Labute approximate surface area is 197 Å². The van der Waals surface area contributed by atoms with Crippen LogP contribution in [-0.2, 0) is 11.3 Å². The molecule has 1 amide bonds. The standard InChI is InChI=1S/C23H30N8O2.3H2/c1-5-18(32)31-11-10-30(14-23(31,2)3)17-13-26-20(24)19(27-17)22-29-28-21(33-22)16-8-6-15(7-9-16)12-25-4;;;/h6-9,13,25H,5,10-12,14H2,1-4H3,(H2,24,26);3*1H. The lowest BCUT2D eigenvalue weighted by Gasteiger charge is -2.47. The zero-order valence-corrected chi connectivity index (χ0v) is 19.5. The zero-order valence-electron chi connectivity index (χ0n) is 19.5. The molecule has 3 heterocycles. The van der Waals surface area contributed by atoms with Gasteiger partial charge >= 0.3 is 0 Å². The summed E-state index contributed by atoms with van der Waals surface area (Å²) in [6.45, 7) is 8.69. The second-order valence-electron chi connectivity index (χ2n) is 8.73. The lowest BCUT2D eigenvalue weighted by molar-refractivity contribution is -0.136. The van der Waals surface area contributed by atoms with E-state index in [9.17, 15) is 4.79 Å². The minimum atomic E-state index is -0.328. The van der Waals surface area contributed by atoms with E-state index in [-0.39, 0.29) is 27.4 Å². The number of nitrogen functional groups attached to an aromatic ring is 1. The van der Waals surface area contributed by atoms with Crippen molar-refractivity contribution in [3.8, 4) is 23.0 Å². The predicted molar refractivity (Wildman–Crippen MR) is 133 cm³/mol. The van der Waals surface area contributed by atoms with E-state index in [1.54, 1.807) is 6.20 Å². The molecule has 0 bridgehead atoms. The lowest BCUT2D eigenvalue weighted by Crippen LogP contribution is -2.61. The number of carbonyl (C=O) groups is 1. The van der Waals surface area contributed by atoms with Crippen LogP contribution in [0.4, 0.5) is 11.6 Å². The number of nitrogens with zero attached hydrogens (tertiary/aromatic N) is 6. The molecule has 33 heavy (non-hydrogen) atoms. The summed E-state index contributed by atoms with van der Waals surface area (Å²) >= 11 is 0. The van der Waals surface area contributed by atoms with Crippen molar-refractivity contribution in [2.24, 2.45) is 0 Å². The molecular weight excluding hydrogens is 420 g/mol. The maximum absolute atomic E-state index is 12.3. The van der Waals surface area contributed by atoms with Gasteiger partial charge in [0.25, 0.3) is 5.89 Å². The first-order valence-electron chi connectivity index (χ1n) is 11.1. The number of anilines is 2. The van der Waals surface area contributed by atoms with Gasteiger partial charge in [-0.2, -0.15) is 0 Å². The maximum Gasteiger partial charge on any atom is 0.270 e. The van der Waals surface area contributed by atoms with Crippen LogP contribution in [0.5, 0.6) is 0 Å². The van der Waals surface area contributed by atoms with E-state index in [2.05, 4.69) is 39.2 Å². The second-order valence-corrected chi connectivity index (χ2v) is 8.73. The summed E-state index contributed by atoms with van der Waals surface area (Å²) in [5, 5.41) is 11.5. The number of aromatic nitrogens is 4. The van der Waals surface area contributed by atoms with E-state index in [0.29, 0.717) is 43.5 Å². The highest BCUT2D eigenvalue weighted by atomic mass is 16.4. The van der Waals surface area contributed by atoms with Gasteiger partial charge in [0.2, 0.25) is 11.8 Å². The summed E-state index contributed by atoms with van der Waals surface area (Å²) in [6, 6.07) is 7.90. The quantitative estimate of drug-likeness (QED) is 0.575. The van der Waals surface area contributed by atoms with Crippen LogP contribution in [0.25, 0.3) is 23.0 Å². The molecule has 1 aliphatic heterocycles. The third-order valence-electron chi connectivity index (χ3n) is 5.83. The van der Waals surface area contributed by atoms with Gasteiger partial charge in [0.05, 0.1) is 11.7 Å². The first-order chi connectivity index (χ1) is 15.8. The highest BCUT2D eigenvalue weighted by molar-refractivity contribution is 5.77. The number of piperazine rings is 1. The van der Waals surface area contributed by atoms with Crippen molar-refractivity contribution in [3.63, 3.8) is 0 Å². The molecule has 1 saturated heterocycles. The Morgan fingerprint density at radius 2 is 1.94 bits per heavy atom. The number of hydrogen-bond donors (Lipinski definition) is 2. The normalized spacial score (nSPS) is 15.6. The minimum Gasteiger partial charge on any atom is -0.414 e. The van der Waals surface area contributed by atoms with Crippen LogP contribution in [0.2, 0.25) is 0 Å². The van der Waals surface area contributed by atoms with Gasteiger partial charge in [-0.05, 0) is 38.6 Å². The molecule has 2 aromatic heterocycles. The Balaban J connectivity index is 0.00000216. The summed E-state index contributed by atoms with van der Waals surface area (Å²) in [6.07, 6.45) is 2.14. The Kier molecular flexibility index (Phi) is 6.28. The maximum atomic E-state index is 12.3. The first-order valence-corrected chi connectivity index (χ1v) is 11.1. The van der Waals surface area contributed by atoms with Gasteiger partial charge in [0.1, 0.15) is 5.82 Å². The molecular formula is C23H36N8O2. The SMILES string of the molecule is CCC(=O)N1CCN(c2cnc(N)c(-c3nnc(-c4ccc(CNC)cc4)o3)n2)CC1(C)C.[HH].[HH].[HH]. The van der Waals surface area contributed by atoms with Crippen LogP contribution in [0.1, 0.15) is 37.0 Å². The van der Waals surface area contributed by atoms with Gasteiger partial charge in [-0.3, -0.25) is 4.79 Å². The molecule has 0 atom stereocenters. The van der Waals surface area contributed by atoms with Gasteiger partial charge in [0.15, 0.2) is 11.5 Å². The number of hydrogen-bond acceptors (Lipinski definition) is 9. The van der Waals surface area contributed by atoms with Gasteiger partial charge < -0.3 is 25.3 Å². The fraction of sp³-hybridized carbons (Fsp3) is 0.435.